The monoisotopic (exact) mass is 467 g/mol. The zero-order chi connectivity index (χ0) is 24.0. The minimum atomic E-state index is -1.17. The Hall–Kier alpha value is -2.60. The fourth-order valence-corrected chi connectivity index (χ4v) is 5.30. The Kier molecular flexibility index (Phi) is 8.35. The van der Waals surface area contributed by atoms with Gasteiger partial charge in [0.2, 0.25) is 5.91 Å². The van der Waals surface area contributed by atoms with E-state index < -0.39 is 28.6 Å². The van der Waals surface area contributed by atoms with Crippen molar-refractivity contribution in [3.05, 3.63) is 60.2 Å². The first-order chi connectivity index (χ1) is 15.7. The summed E-state index contributed by atoms with van der Waals surface area (Å²) in [5.74, 6) is -1.48. The molecule has 1 fully saturated rings. The molecule has 2 N–H and O–H groups in total. The molecule has 176 valence electrons. The molecule has 6 heteroatoms. The lowest BCUT2D eigenvalue weighted by atomic mass is 9.77. The highest BCUT2D eigenvalue weighted by Crippen LogP contribution is 2.41. The number of carbonyl (C=O) groups excluding carboxylic acids is 2. The number of ketones is 1. The summed E-state index contributed by atoms with van der Waals surface area (Å²) in [6.07, 6.45) is 3.19. The second-order valence-electron chi connectivity index (χ2n) is 9.43. The summed E-state index contributed by atoms with van der Waals surface area (Å²) in [5.41, 5.74) is 1.75. The normalized spacial score (nSPS) is 16.8. The van der Waals surface area contributed by atoms with E-state index in [4.69, 9.17) is 0 Å². The van der Waals surface area contributed by atoms with Crippen LogP contribution in [0.4, 0.5) is 0 Å². The summed E-state index contributed by atoms with van der Waals surface area (Å²) in [5, 5.41) is 12.0. The van der Waals surface area contributed by atoms with E-state index in [1.807, 2.05) is 68.4 Å². The molecule has 1 aliphatic carbocycles. The van der Waals surface area contributed by atoms with Crippen molar-refractivity contribution in [2.45, 2.75) is 63.7 Å². The molecular weight excluding hydrogens is 434 g/mol. The molecule has 0 aromatic heterocycles. The predicted molar refractivity (Wildman–Crippen MR) is 133 cm³/mol. The fraction of sp³-hybridized carbons (Fsp3) is 0.444. The van der Waals surface area contributed by atoms with Gasteiger partial charge in [-0.1, -0.05) is 81.3 Å². The zero-order valence-corrected chi connectivity index (χ0v) is 20.2. The molecule has 1 amide bonds. The van der Waals surface area contributed by atoms with E-state index in [2.05, 4.69) is 17.9 Å². The van der Waals surface area contributed by atoms with Crippen LogP contribution in [0.5, 0.6) is 0 Å². The minimum Gasteiger partial charge on any atom is -0.480 e. The van der Waals surface area contributed by atoms with Crippen LogP contribution in [0.2, 0.25) is 0 Å². The third-order valence-electron chi connectivity index (χ3n) is 6.47. The van der Waals surface area contributed by atoms with Crippen molar-refractivity contribution < 1.29 is 19.5 Å². The highest BCUT2D eigenvalue weighted by atomic mass is 32.1. The maximum atomic E-state index is 13.3. The molecule has 0 bridgehead atoms. The van der Waals surface area contributed by atoms with Gasteiger partial charge in [0.15, 0.2) is 5.78 Å². The molecule has 0 spiro atoms. The van der Waals surface area contributed by atoms with Crippen LogP contribution in [0.15, 0.2) is 54.6 Å². The summed E-state index contributed by atoms with van der Waals surface area (Å²) < 4.78 is 0. The van der Waals surface area contributed by atoms with Gasteiger partial charge in [-0.2, -0.15) is 12.6 Å². The molecular formula is C27H33NO4S. The van der Waals surface area contributed by atoms with Crippen LogP contribution >= 0.6 is 12.6 Å². The number of carboxylic acids is 1. The first-order valence-corrected chi connectivity index (χ1v) is 12.1. The van der Waals surface area contributed by atoms with Gasteiger partial charge in [-0.25, -0.2) is 4.79 Å². The minimum absolute atomic E-state index is 0.150. The van der Waals surface area contributed by atoms with Crippen molar-refractivity contribution in [1.82, 2.24) is 5.32 Å². The highest BCUT2D eigenvalue weighted by Gasteiger charge is 2.50. The van der Waals surface area contributed by atoms with E-state index in [9.17, 15) is 19.5 Å². The van der Waals surface area contributed by atoms with Gasteiger partial charge in [0, 0.05) is 6.42 Å². The number of carboxylic acid groups (broad SMARTS) is 1. The van der Waals surface area contributed by atoms with Crippen LogP contribution in [0, 0.1) is 11.3 Å². The van der Waals surface area contributed by atoms with Gasteiger partial charge >= 0.3 is 5.97 Å². The number of benzene rings is 2. The van der Waals surface area contributed by atoms with Crippen molar-refractivity contribution in [2.75, 3.05) is 0 Å². The van der Waals surface area contributed by atoms with Gasteiger partial charge in [0.05, 0.1) is 5.25 Å². The summed E-state index contributed by atoms with van der Waals surface area (Å²) in [6, 6.07) is 16.5. The lowest BCUT2D eigenvalue weighted by molar-refractivity contribution is -0.147. The molecule has 2 aromatic carbocycles. The zero-order valence-electron chi connectivity index (χ0n) is 19.3. The number of aliphatic carboxylic acids is 1. The van der Waals surface area contributed by atoms with Crippen molar-refractivity contribution in [3.8, 4) is 11.1 Å². The average Bonchev–Trinajstić information content (AvgIpc) is 3.30. The van der Waals surface area contributed by atoms with E-state index >= 15 is 0 Å². The Balaban J connectivity index is 1.73. The Morgan fingerprint density at radius 1 is 0.970 bits per heavy atom. The SMILES string of the molecule is CC(C)C[C@@H](S)C(=O)C1(C(=O)N[C@@H](Cc2ccc(-c3ccccc3)cc2)C(=O)O)CCCC1. The first kappa shape index (κ1) is 25.0. The molecule has 0 unspecified atom stereocenters. The number of Topliss-reactive ketones (excluding diaryl/α,β-unsaturated/α-hetero) is 1. The number of thiol groups is 1. The molecule has 3 rings (SSSR count). The molecule has 2 atom stereocenters. The molecule has 0 saturated heterocycles. The Labute approximate surface area is 201 Å². The van der Waals surface area contributed by atoms with E-state index in [-0.39, 0.29) is 18.1 Å². The van der Waals surface area contributed by atoms with Crippen LogP contribution in [0.25, 0.3) is 11.1 Å². The predicted octanol–water partition coefficient (Wildman–Crippen LogP) is 4.94. The van der Waals surface area contributed by atoms with Gasteiger partial charge in [-0.3, -0.25) is 9.59 Å². The standard InChI is InChI=1S/C27H33NO4S/c1-18(2)16-23(33)24(29)27(14-6-7-15-27)26(32)28-22(25(30)31)17-19-10-12-21(13-11-19)20-8-4-3-5-9-20/h3-5,8-13,18,22-23,33H,6-7,14-17H2,1-2H3,(H,28,32)(H,30,31)/t22-,23+/m0/s1. The molecule has 5 nitrogen and oxygen atoms in total. The number of hydrogen-bond acceptors (Lipinski definition) is 4. The van der Waals surface area contributed by atoms with Crippen molar-refractivity contribution >= 4 is 30.3 Å². The molecule has 0 radical (unpaired) electrons. The quantitative estimate of drug-likeness (QED) is 0.341. The second kappa shape index (κ2) is 11.0. The maximum Gasteiger partial charge on any atom is 0.326 e. The third-order valence-corrected chi connectivity index (χ3v) is 6.91. The molecule has 1 aliphatic rings. The number of hydrogen-bond donors (Lipinski definition) is 3. The average molecular weight is 468 g/mol. The van der Waals surface area contributed by atoms with Crippen LogP contribution in [-0.4, -0.2) is 34.1 Å². The Bertz CT molecular complexity index is 965. The Morgan fingerprint density at radius 2 is 1.55 bits per heavy atom. The lowest BCUT2D eigenvalue weighted by Crippen LogP contribution is -2.53. The van der Waals surface area contributed by atoms with E-state index in [0.29, 0.717) is 19.3 Å². The van der Waals surface area contributed by atoms with E-state index in [1.165, 1.54) is 0 Å². The summed E-state index contributed by atoms with van der Waals surface area (Å²) in [4.78, 5) is 38.5. The highest BCUT2D eigenvalue weighted by molar-refractivity contribution is 7.81. The second-order valence-corrected chi connectivity index (χ2v) is 10.1. The maximum absolute atomic E-state index is 13.3. The molecule has 0 heterocycles. The lowest BCUT2D eigenvalue weighted by Gasteiger charge is -2.30. The molecule has 1 saturated carbocycles. The fourth-order valence-electron chi connectivity index (χ4n) is 4.63. The van der Waals surface area contributed by atoms with E-state index in [0.717, 1.165) is 29.5 Å². The smallest absolute Gasteiger partial charge is 0.326 e. The summed E-state index contributed by atoms with van der Waals surface area (Å²) in [6.45, 7) is 4.03. The van der Waals surface area contributed by atoms with Crippen LogP contribution in [0.3, 0.4) is 0 Å². The van der Waals surface area contributed by atoms with Crippen LogP contribution < -0.4 is 5.32 Å². The van der Waals surface area contributed by atoms with Gasteiger partial charge < -0.3 is 10.4 Å². The molecule has 0 aliphatic heterocycles. The third kappa shape index (κ3) is 6.05. The number of nitrogens with one attached hydrogen (secondary N) is 1. The number of amides is 1. The largest absolute Gasteiger partial charge is 0.480 e. The number of carbonyl (C=O) groups is 3. The van der Waals surface area contributed by atoms with Crippen molar-refractivity contribution in [1.29, 1.82) is 0 Å². The molecule has 33 heavy (non-hydrogen) atoms. The van der Waals surface area contributed by atoms with Crippen molar-refractivity contribution in [2.24, 2.45) is 11.3 Å². The van der Waals surface area contributed by atoms with Crippen molar-refractivity contribution in [3.63, 3.8) is 0 Å². The van der Waals surface area contributed by atoms with E-state index in [1.54, 1.807) is 0 Å². The van der Waals surface area contributed by atoms with Crippen LogP contribution in [0.1, 0.15) is 51.5 Å². The number of rotatable bonds is 10. The summed E-state index contributed by atoms with van der Waals surface area (Å²) >= 11 is 4.49. The van der Waals surface area contributed by atoms with Gasteiger partial charge in [-0.15, -0.1) is 0 Å². The van der Waals surface area contributed by atoms with Gasteiger partial charge in [0.1, 0.15) is 11.5 Å². The topological polar surface area (TPSA) is 83.5 Å². The summed E-state index contributed by atoms with van der Waals surface area (Å²) in [7, 11) is 0. The van der Waals surface area contributed by atoms with Gasteiger partial charge in [-0.05, 0) is 41.9 Å². The molecule has 2 aromatic rings. The van der Waals surface area contributed by atoms with Gasteiger partial charge in [0.25, 0.3) is 0 Å². The first-order valence-electron chi connectivity index (χ1n) is 11.6. The Morgan fingerprint density at radius 3 is 2.09 bits per heavy atom. The van der Waals surface area contributed by atoms with Crippen LogP contribution in [-0.2, 0) is 20.8 Å².